The number of allylic oxidation sites excluding steroid dienone is 1. The number of hydrogen-bond donors (Lipinski definition) is 1. The number of primary amides is 1. The van der Waals surface area contributed by atoms with Crippen LogP contribution >= 0.6 is 0 Å². The summed E-state index contributed by atoms with van der Waals surface area (Å²) >= 11 is 0. The summed E-state index contributed by atoms with van der Waals surface area (Å²) in [6, 6.07) is -0.429. The van der Waals surface area contributed by atoms with Crippen LogP contribution in [-0.4, -0.2) is 29.4 Å². The SMILES string of the molecule is NC(=O)N1C=C2C=NN=C2CC1. The first-order valence-corrected chi connectivity index (χ1v) is 3.65. The first kappa shape index (κ1) is 7.02. The van der Waals surface area contributed by atoms with Crippen molar-refractivity contribution < 1.29 is 4.79 Å². The molecular weight excluding hydrogens is 156 g/mol. The van der Waals surface area contributed by atoms with Gasteiger partial charge in [-0.25, -0.2) is 4.79 Å². The largest absolute Gasteiger partial charge is 0.351 e. The van der Waals surface area contributed by atoms with E-state index in [9.17, 15) is 4.79 Å². The number of hydrogen-bond acceptors (Lipinski definition) is 3. The first-order chi connectivity index (χ1) is 5.77. The Morgan fingerprint density at radius 2 is 2.50 bits per heavy atom. The molecule has 0 aromatic carbocycles. The van der Waals surface area contributed by atoms with Gasteiger partial charge < -0.3 is 10.6 Å². The van der Waals surface area contributed by atoms with Crippen LogP contribution in [0.25, 0.3) is 0 Å². The minimum absolute atomic E-state index is 0.429. The smallest absolute Gasteiger partial charge is 0.318 e. The van der Waals surface area contributed by atoms with E-state index in [0.717, 1.165) is 17.7 Å². The molecule has 2 amide bonds. The molecule has 5 nitrogen and oxygen atoms in total. The minimum atomic E-state index is -0.429. The van der Waals surface area contributed by atoms with E-state index < -0.39 is 6.03 Å². The van der Waals surface area contributed by atoms with Crippen LogP contribution in [0, 0.1) is 0 Å². The van der Waals surface area contributed by atoms with Crippen molar-refractivity contribution in [1.29, 1.82) is 0 Å². The van der Waals surface area contributed by atoms with Crippen LogP contribution in [-0.2, 0) is 0 Å². The normalized spacial score (nSPS) is 20.2. The Bertz CT molecular complexity index is 315. The monoisotopic (exact) mass is 164 g/mol. The van der Waals surface area contributed by atoms with E-state index in [2.05, 4.69) is 10.2 Å². The molecule has 0 radical (unpaired) electrons. The summed E-state index contributed by atoms with van der Waals surface area (Å²) in [7, 11) is 0. The molecule has 0 aliphatic carbocycles. The third kappa shape index (κ3) is 0.990. The molecule has 0 saturated heterocycles. The minimum Gasteiger partial charge on any atom is -0.351 e. The molecular formula is C7H8N4O. The lowest BCUT2D eigenvalue weighted by Gasteiger charge is -2.20. The van der Waals surface area contributed by atoms with Gasteiger partial charge >= 0.3 is 6.03 Å². The summed E-state index contributed by atoms with van der Waals surface area (Å²) in [5.41, 5.74) is 6.93. The number of carbonyl (C=O) groups excluding carboxylic acids is 1. The number of carbonyl (C=O) groups is 1. The molecule has 0 unspecified atom stereocenters. The number of urea groups is 1. The summed E-state index contributed by atoms with van der Waals surface area (Å²) in [6.07, 6.45) is 4.04. The lowest BCUT2D eigenvalue weighted by atomic mass is 10.1. The van der Waals surface area contributed by atoms with Crippen molar-refractivity contribution in [3.05, 3.63) is 11.8 Å². The molecule has 0 bridgehead atoms. The van der Waals surface area contributed by atoms with E-state index in [1.165, 1.54) is 4.90 Å². The zero-order valence-electron chi connectivity index (χ0n) is 6.40. The van der Waals surface area contributed by atoms with Crippen LogP contribution in [0.2, 0.25) is 0 Å². The average molecular weight is 164 g/mol. The molecule has 2 aliphatic heterocycles. The van der Waals surface area contributed by atoms with E-state index in [1.54, 1.807) is 12.4 Å². The van der Waals surface area contributed by atoms with E-state index in [4.69, 9.17) is 5.73 Å². The second kappa shape index (κ2) is 2.44. The maximum atomic E-state index is 10.8. The lowest BCUT2D eigenvalue weighted by molar-refractivity contribution is 0.225. The van der Waals surface area contributed by atoms with Gasteiger partial charge in [-0.05, 0) is 0 Å². The summed E-state index contributed by atoms with van der Waals surface area (Å²) in [4.78, 5) is 12.2. The predicted molar refractivity (Wildman–Crippen MR) is 44.9 cm³/mol. The third-order valence-corrected chi connectivity index (χ3v) is 1.88. The van der Waals surface area contributed by atoms with Gasteiger partial charge in [0.05, 0.1) is 11.9 Å². The van der Waals surface area contributed by atoms with Crippen molar-refractivity contribution in [2.45, 2.75) is 6.42 Å². The lowest BCUT2D eigenvalue weighted by Crippen LogP contribution is -2.36. The summed E-state index contributed by atoms with van der Waals surface area (Å²) in [5.74, 6) is 0. The van der Waals surface area contributed by atoms with Crippen molar-refractivity contribution in [1.82, 2.24) is 4.90 Å². The Morgan fingerprint density at radius 3 is 3.25 bits per heavy atom. The van der Waals surface area contributed by atoms with Gasteiger partial charge in [0.1, 0.15) is 0 Å². The van der Waals surface area contributed by atoms with Crippen molar-refractivity contribution in [3.63, 3.8) is 0 Å². The Balaban J connectivity index is 2.27. The van der Waals surface area contributed by atoms with Gasteiger partial charge in [0.15, 0.2) is 0 Å². The second-order valence-electron chi connectivity index (χ2n) is 2.66. The highest BCUT2D eigenvalue weighted by Gasteiger charge is 2.20. The molecule has 62 valence electrons. The Labute approximate surface area is 69.2 Å². The highest BCUT2D eigenvalue weighted by atomic mass is 16.2. The van der Waals surface area contributed by atoms with E-state index >= 15 is 0 Å². The topological polar surface area (TPSA) is 71.1 Å². The Hall–Kier alpha value is -1.65. The van der Waals surface area contributed by atoms with Crippen molar-refractivity contribution in [2.75, 3.05) is 6.54 Å². The van der Waals surface area contributed by atoms with Crippen molar-refractivity contribution >= 4 is 18.0 Å². The van der Waals surface area contributed by atoms with Gasteiger partial charge in [0.25, 0.3) is 0 Å². The molecule has 5 heteroatoms. The highest BCUT2D eigenvalue weighted by molar-refractivity contribution is 6.19. The molecule has 12 heavy (non-hydrogen) atoms. The number of rotatable bonds is 0. The first-order valence-electron chi connectivity index (χ1n) is 3.65. The molecule has 0 spiro atoms. The number of amides is 2. The summed E-state index contributed by atoms with van der Waals surface area (Å²) < 4.78 is 0. The Morgan fingerprint density at radius 1 is 1.67 bits per heavy atom. The van der Waals surface area contributed by atoms with E-state index in [-0.39, 0.29) is 0 Å². The molecule has 2 aliphatic rings. The molecule has 2 N–H and O–H groups in total. The van der Waals surface area contributed by atoms with Crippen LogP contribution in [0.5, 0.6) is 0 Å². The molecule has 0 saturated carbocycles. The van der Waals surface area contributed by atoms with E-state index in [1.807, 2.05) is 0 Å². The quantitative estimate of drug-likeness (QED) is 0.541. The number of nitrogens with two attached hydrogens (primary N) is 1. The zero-order chi connectivity index (χ0) is 8.55. The van der Waals surface area contributed by atoms with Crippen LogP contribution in [0.15, 0.2) is 22.0 Å². The molecule has 0 aromatic heterocycles. The van der Waals surface area contributed by atoms with Gasteiger partial charge in [-0.2, -0.15) is 10.2 Å². The maximum Gasteiger partial charge on any atom is 0.318 e. The van der Waals surface area contributed by atoms with Crippen LogP contribution in [0.1, 0.15) is 6.42 Å². The molecule has 2 heterocycles. The zero-order valence-corrected chi connectivity index (χ0v) is 6.40. The molecule has 0 aromatic rings. The average Bonchev–Trinajstić information content (AvgIpc) is 2.49. The van der Waals surface area contributed by atoms with Gasteiger partial charge in [-0.15, -0.1) is 0 Å². The predicted octanol–water partition coefficient (Wildman–Crippen LogP) is 0.0951. The highest BCUT2D eigenvalue weighted by Crippen LogP contribution is 2.14. The third-order valence-electron chi connectivity index (χ3n) is 1.88. The van der Waals surface area contributed by atoms with Crippen LogP contribution in [0.3, 0.4) is 0 Å². The molecule has 2 rings (SSSR count). The van der Waals surface area contributed by atoms with Crippen molar-refractivity contribution in [3.8, 4) is 0 Å². The standard InChI is InChI=1S/C7H8N4O/c8-7(12)11-2-1-6-5(4-11)3-9-10-6/h3-4H,1-2H2,(H2,8,12). The summed E-state index contributed by atoms with van der Waals surface area (Å²) in [6.45, 7) is 0.598. The molecule has 0 fully saturated rings. The van der Waals surface area contributed by atoms with E-state index in [0.29, 0.717) is 6.54 Å². The van der Waals surface area contributed by atoms with Gasteiger partial charge in [-0.3, -0.25) is 0 Å². The van der Waals surface area contributed by atoms with Crippen LogP contribution in [0.4, 0.5) is 4.79 Å². The second-order valence-corrected chi connectivity index (χ2v) is 2.66. The fourth-order valence-corrected chi connectivity index (χ4v) is 1.23. The fraction of sp³-hybridized carbons (Fsp3) is 0.286. The fourth-order valence-electron chi connectivity index (χ4n) is 1.23. The number of fused-ring (bicyclic) bond motifs is 1. The number of nitrogens with zero attached hydrogens (tertiary/aromatic N) is 3. The summed E-state index contributed by atoms with van der Waals surface area (Å²) in [5, 5.41) is 7.63. The van der Waals surface area contributed by atoms with Gasteiger partial charge in [0, 0.05) is 24.7 Å². The molecule has 0 atom stereocenters. The van der Waals surface area contributed by atoms with Gasteiger partial charge in [0.2, 0.25) is 0 Å². The van der Waals surface area contributed by atoms with Crippen molar-refractivity contribution in [2.24, 2.45) is 15.9 Å². The Kier molecular flexibility index (Phi) is 1.43. The van der Waals surface area contributed by atoms with Crippen LogP contribution < -0.4 is 5.73 Å². The van der Waals surface area contributed by atoms with Gasteiger partial charge in [-0.1, -0.05) is 0 Å². The maximum absolute atomic E-state index is 10.8.